The van der Waals surface area contributed by atoms with Gasteiger partial charge in [-0.15, -0.1) is 0 Å². The molecule has 0 aliphatic heterocycles. The molecule has 4 unspecified atom stereocenters. The lowest BCUT2D eigenvalue weighted by Crippen LogP contribution is -2.57. The van der Waals surface area contributed by atoms with Crippen molar-refractivity contribution in [1.29, 1.82) is 0 Å². The molecule has 3 amide bonds. The van der Waals surface area contributed by atoms with Gasteiger partial charge in [-0.3, -0.25) is 24.0 Å². The second kappa shape index (κ2) is 14.6. The number of thiol groups is 1. The van der Waals surface area contributed by atoms with Gasteiger partial charge in [0.1, 0.15) is 18.1 Å². The topological polar surface area (TPSA) is 214 Å². The van der Waals surface area contributed by atoms with Crippen molar-refractivity contribution in [3.05, 3.63) is 0 Å². The fourth-order valence-corrected chi connectivity index (χ4v) is 2.47. The van der Waals surface area contributed by atoms with Crippen LogP contribution in [0.15, 0.2) is 0 Å². The Morgan fingerprint density at radius 3 is 1.93 bits per heavy atom. The monoisotopic (exact) mass is 449 g/mol. The largest absolute Gasteiger partial charge is 0.481 e. The van der Waals surface area contributed by atoms with Gasteiger partial charge in [-0.05, 0) is 39.2 Å². The number of nitrogens with two attached hydrogens (primary N) is 2. The molecule has 0 heterocycles. The van der Waals surface area contributed by atoms with Crippen LogP contribution in [0, 0.1) is 0 Å². The highest BCUT2D eigenvalue weighted by Gasteiger charge is 2.29. The van der Waals surface area contributed by atoms with E-state index in [9.17, 15) is 24.0 Å². The maximum absolute atomic E-state index is 12.7. The van der Waals surface area contributed by atoms with Crippen molar-refractivity contribution in [1.82, 2.24) is 16.0 Å². The third kappa shape index (κ3) is 11.0. The van der Waals surface area contributed by atoms with Gasteiger partial charge in [-0.25, -0.2) is 0 Å². The minimum atomic E-state index is -1.25. The molecule has 0 aromatic rings. The number of rotatable bonds is 15. The second-order valence-electron chi connectivity index (χ2n) is 6.70. The molecular weight excluding hydrogens is 418 g/mol. The summed E-state index contributed by atoms with van der Waals surface area (Å²) in [5.74, 6) is -4.61. The lowest BCUT2D eigenvalue weighted by atomic mass is 10.1. The average molecular weight is 450 g/mol. The summed E-state index contributed by atoms with van der Waals surface area (Å²) in [6, 6.07) is -4.52. The summed E-state index contributed by atoms with van der Waals surface area (Å²) in [6.45, 7) is 1.64. The third-order valence-electron chi connectivity index (χ3n) is 4.12. The Kier molecular flexibility index (Phi) is 13.4. The number of amides is 3. The maximum Gasteiger partial charge on any atom is 0.325 e. The van der Waals surface area contributed by atoms with Gasteiger partial charge >= 0.3 is 11.9 Å². The summed E-state index contributed by atoms with van der Waals surface area (Å²) in [5.41, 5.74) is 11.0. The zero-order chi connectivity index (χ0) is 23.3. The Morgan fingerprint density at radius 1 is 0.900 bits per heavy atom. The standard InChI is InChI=1S/C17H31N5O7S/c1-9(17(28)29)20-15(26)11(4-2-3-7-18)22-16(27)12(5-6-13(23)24)21-14(25)10(19)8-30/h9-12,30H,2-8,18-19H2,1H3,(H,20,26)(H,21,25)(H,22,27)(H,23,24)(H,28,29). The van der Waals surface area contributed by atoms with Crippen LogP contribution in [-0.2, 0) is 24.0 Å². The molecule has 0 aliphatic carbocycles. The Bertz CT molecular complexity index is 619. The van der Waals surface area contributed by atoms with Crippen LogP contribution in [0.3, 0.4) is 0 Å². The van der Waals surface area contributed by atoms with Crippen molar-refractivity contribution >= 4 is 42.3 Å². The van der Waals surface area contributed by atoms with Gasteiger partial charge in [0.05, 0.1) is 6.04 Å². The summed E-state index contributed by atoms with van der Waals surface area (Å²) < 4.78 is 0. The molecule has 12 nitrogen and oxygen atoms in total. The summed E-state index contributed by atoms with van der Waals surface area (Å²) >= 11 is 3.90. The molecule has 13 heteroatoms. The van der Waals surface area contributed by atoms with Crippen LogP contribution < -0.4 is 27.4 Å². The van der Waals surface area contributed by atoms with E-state index >= 15 is 0 Å². The highest BCUT2D eigenvalue weighted by molar-refractivity contribution is 7.80. The van der Waals surface area contributed by atoms with E-state index in [0.717, 1.165) is 0 Å². The van der Waals surface area contributed by atoms with Crippen molar-refractivity contribution in [3.8, 4) is 0 Å². The lowest BCUT2D eigenvalue weighted by molar-refractivity contribution is -0.141. The van der Waals surface area contributed by atoms with E-state index < -0.39 is 60.2 Å². The van der Waals surface area contributed by atoms with Crippen LogP contribution >= 0.6 is 12.6 Å². The van der Waals surface area contributed by atoms with E-state index in [4.69, 9.17) is 21.7 Å². The molecule has 0 bridgehead atoms. The first-order valence-electron chi connectivity index (χ1n) is 9.45. The van der Waals surface area contributed by atoms with Crippen LogP contribution in [0.5, 0.6) is 0 Å². The van der Waals surface area contributed by atoms with Gasteiger partial charge in [0.15, 0.2) is 0 Å². The molecule has 0 rings (SSSR count). The Morgan fingerprint density at radius 2 is 1.43 bits per heavy atom. The summed E-state index contributed by atoms with van der Waals surface area (Å²) in [6.07, 6.45) is 0.595. The molecule has 0 aromatic carbocycles. The first kappa shape index (κ1) is 27.6. The lowest BCUT2D eigenvalue weighted by Gasteiger charge is -2.24. The Labute approximate surface area is 179 Å². The molecule has 0 saturated heterocycles. The Hall–Kier alpha value is -2.38. The van der Waals surface area contributed by atoms with Crippen molar-refractivity contribution < 1.29 is 34.2 Å². The number of unbranched alkanes of at least 4 members (excludes halogenated alkanes) is 1. The molecule has 0 radical (unpaired) electrons. The predicted octanol–water partition coefficient (Wildman–Crippen LogP) is -2.20. The molecule has 9 N–H and O–H groups in total. The van der Waals surface area contributed by atoms with Gasteiger partial charge in [-0.1, -0.05) is 0 Å². The fourth-order valence-electron chi connectivity index (χ4n) is 2.31. The smallest absolute Gasteiger partial charge is 0.325 e. The molecule has 0 saturated carbocycles. The summed E-state index contributed by atoms with van der Waals surface area (Å²) in [4.78, 5) is 59.0. The molecular formula is C17H31N5O7S. The third-order valence-corrected chi connectivity index (χ3v) is 4.52. The maximum atomic E-state index is 12.7. The van der Waals surface area contributed by atoms with E-state index in [1.165, 1.54) is 6.92 Å². The number of hydrogen-bond donors (Lipinski definition) is 8. The number of carbonyl (C=O) groups is 5. The quantitative estimate of drug-likeness (QED) is 0.100. The predicted molar refractivity (Wildman–Crippen MR) is 111 cm³/mol. The van der Waals surface area contributed by atoms with E-state index in [1.54, 1.807) is 0 Å². The number of nitrogens with one attached hydrogen (secondary N) is 3. The van der Waals surface area contributed by atoms with Crippen LogP contribution in [-0.4, -0.2) is 76.3 Å². The number of carboxylic acids is 2. The van der Waals surface area contributed by atoms with E-state index in [1.807, 2.05) is 0 Å². The molecule has 30 heavy (non-hydrogen) atoms. The normalized spacial score (nSPS) is 14.7. The first-order valence-corrected chi connectivity index (χ1v) is 10.1. The Balaban J connectivity index is 5.33. The van der Waals surface area contributed by atoms with E-state index in [2.05, 4.69) is 28.6 Å². The van der Waals surface area contributed by atoms with Crippen molar-refractivity contribution in [2.75, 3.05) is 12.3 Å². The highest BCUT2D eigenvalue weighted by Crippen LogP contribution is 2.05. The second-order valence-corrected chi connectivity index (χ2v) is 7.06. The molecule has 0 aliphatic rings. The molecule has 0 spiro atoms. The van der Waals surface area contributed by atoms with Crippen molar-refractivity contribution in [2.45, 2.75) is 63.2 Å². The molecule has 4 atom stereocenters. The molecule has 0 fully saturated rings. The number of carbonyl (C=O) groups excluding carboxylic acids is 3. The van der Waals surface area contributed by atoms with E-state index in [-0.39, 0.29) is 18.6 Å². The number of carboxylic acid groups (broad SMARTS) is 2. The van der Waals surface area contributed by atoms with Gasteiger partial charge in [-0.2, -0.15) is 12.6 Å². The van der Waals surface area contributed by atoms with Crippen molar-refractivity contribution in [3.63, 3.8) is 0 Å². The highest BCUT2D eigenvalue weighted by atomic mass is 32.1. The van der Waals surface area contributed by atoms with Gasteiger partial charge in [0.25, 0.3) is 0 Å². The van der Waals surface area contributed by atoms with Crippen LogP contribution in [0.25, 0.3) is 0 Å². The molecule has 0 aromatic heterocycles. The summed E-state index contributed by atoms with van der Waals surface area (Å²) in [5, 5.41) is 24.9. The van der Waals surface area contributed by atoms with Gasteiger partial charge < -0.3 is 37.6 Å². The minimum Gasteiger partial charge on any atom is -0.481 e. The summed E-state index contributed by atoms with van der Waals surface area (Å²) in [7, 11) is 0. The first-order chi connectivity index (χ1) is 14.0. The van der Waals surface area contributed by atoms with Gasteiger partial charge in [0, 0.05) is 12.2 Å². The molecule has 172 valence electrons. The van der Waals surface area contributed by atoms with Crippen LogP contribution in [0.1, 0.15) is 39.0 Å². The number of hydrogen-bond acceptors (Lipinski definition) is 8. The minimum absolute atomic E-state index is 0.0102. The van der Waals surface area contributed by atoms with Crippen molar-refractivity contribution in [2.24, 2.45) is 11.5 Å². The average Bonchev–Trinajstić information content (AvgIpc) is 2.68. The van der Waals surface area contributed by atoms with Crippen LogP contribution in [0.2, 0.25) is 0 Å². The zero-order valence-corrected chi connectivity index (χ0v) is 17.7. The SMILES string of the molecule is CC(NC(=O)C(CCCCN)NC(=O)C(CCC(=O)O)NC(=O)C(N)CS)C(=O)O. The van der Waals surface area contributed by atoms with E-state index in [0.29, 0.717) is 19.4 Å². The van der Waals surface area contributed by atoms with Crippen LogP contribution in [0.4, 0.5) is 0 Å². The number of aliphatic carboxylic acids is 2. The zero-order valence-electron chi connectivity index (χ0n) is 16.8. The van der Waals surface area contributed by atoms with Gasteiger partial charge in [0.2, 0.25) is 17.7 Å². The fraction of sp³-hybridized carbons (Fsp3) is 0.706.